The minimum atomic E-state index is 0.412. The van der Waals surface area contributed by atoms with Crippen molar-refractivity contribution in [2.45, 2.75) is 13.3 Å². The smallest absolute Gasteiger partial charge is 0.124 e. The maximum Gasteiger partial charge on any atom is 0.124 e. The molecule has 0 amide bonds. The number of nitrogens with zero attached hydrogens (tertiary/aromatic N) is 6. The van der Waals surface area contributed by atoms with Gasteiger partial charge < -0.3 is 14.4 Å². The van der Waals surface area contributed by atoms with Crippen LogP contribution in [0.5, 0.6) is 11.5 Å². The van der Waals surface area contributed by atoms with Gasteiger partial charge in [-0.1, -0.05) is 12.8 Å². The SMILES string of the molecule is CCc1ccnc(C#CCN(c2cc(OC)cc(OC)c2)c2ccc3ncc(-c4cnn(C)c4)nc3c2)c1. The number of anilines is 2. The molecule has 2 aromatic carbocycles. The Morgan fingerprint density at radius 3 is 2.42 bits per heavy atom. The summed E-state index contributed by atoms with van der Waals surface area (Å²) in [5.74, 6) is 7.89. The molecule has 3 aromatic heterocycles. The fourth-order valence-electron chi connectivity index (χ4n) is 4.11. The van der Waals surface area contributed by atoms with E-state index in [2.05, 4.69) is 38.7 Å². The van der Waals surface area contributed by atoms with Crippen molar-refractivity contribution >= 4 is 22.4 Å². The summed E-state index contributed by atoms with van der Waals surface area (Å²) in [6, 6.07) is 15.8. The maximum absolute atomic E-state index is 5.54. The lowest BCUT2D eigenvalue weighted by molar-refractivity contribution is 0.394. The van der Waals surface area contributed by atoms with E-state index in [1.807, 2.05) is 61.8 Å². The number of aromatic nitrogens is 5. The van der Waals surface area contributed by atoms with Gasteiger partial charge in [-0.2, -0.15) is 5.10 Å². The first-order chi connectivity index (χ1) is 18.6. The average molecular weight is 505 g/mol. The van der Waals surface area contributed by atoms with E-state index in [0.717, 1.165) is 45.8 Å². The number of fused-ring (bicyclic) bond motifs is 1. The lowest BCUT2D eigenvalue weighted by Crippen LogP contribution is -2.17. The third kappa shape index (κ3) is 5.42. The largest absolute Gasteiger partial charge is 0.497 e. The van der Waals surface area contributed by atoms with Crippen molar-refractivity contribution in [2.24, 2.45) is 7.05 Å². The van der Waals surface area contributed by atoms with E-state index < -0.39 is 0 Å². The second-order valence-electron chi connectivity index (χ2n) is 8.69. The maximum atomic E-state index is 5.54. The van der Waals surface area contributed by atoms with Crippen LogP contribution in [0.2, 0.25) is 0 Å². The first-order valence-corrected chi connectivity index (χ1v) is 12.3. The zero-order chi connectivity index (χ0) is 26.5. The van der Waals surface area contributed by atoms with E-state index in [-0.39, 0.29) is 0 Å². The Bertz CT molecular complexity index is 1630. The zero-order valence-corrected chi connectivity index (χ0v) is 21.8. The molecule has 5 aromatic rings. The van der Waals surface area contributed by atoms with Crippen LogP contribution < -0.4 is 14.4 Å². The van der Waals surface area contributed by atoms with Gasteiger partial charge in [-0.05, 0) is 48.2 Å². The standard InChI is InChI=1S/C30H28N6O2/c1-5-21-10-11-31-23(13-21)7-6-12-36(25-14-26(37-3)17-27(15-25)38-4)24-8-9-28-29(16-24)34-30(19-32-28)22-18-33-35(2)20-22/h8-11,13-20H,5,12H2,1-4H3. The molecule has 190 valence electrons. The number of ether oxygens (including phenoxy) is 2. The molecule has 0 bridgehead atoms. The Labute approximate surface area is 221 Å². The van der Waals surface area contributed by atoms with Gasteiger partial charge in [0.15, 0.2) is 0 Å². The van der Waals surface area contributed by atoms with Crippen molar-refractivity contribution in [1.82, 2.24) is 24.7 Å². The second kappa shape index (κ2) is 11.0. The predicted octanol–water partition coefficient (Wildman–Crippen LogP) is 5.19. The van der Waals surface area contributed by atoms with Crippen molar-refractivity contribution in [3.63, 3.8) is 0 Å². The fourth-order valence-corrected chi connectivity index (χ4v) is 4.11. The highest BCUT2D eigenvalue weighted by molar-refractivity contribution is 5.83. The van der Waals surface area contributed by atoms with Crippen molar-refractivity contribution in [3.05, 3.63) is 84.6 Å². The van der Waals surface area contributed by atoms with Gasteiger partial charge in [0.05, 0.1) is 49.9 Å². The molecule has 0 unspecified atom stereocenters. The highest BCUT2D eigenvalue weighted by atomic mass is 16.5. The highest BCUT2D eigenvalue weighted by Gasteiger charge is 2.14. The summed E-state index contributed by atoms with van der Waals surface area (Å²) in [5, 5.41) is 4.26. The lowest BCUT2D eigenvalue weighted by Gasteiger charge is -2.24. The van der Waals surface area contributed by atoms with Crippen LogP contribution in [0, 0.1) is 11.8 Å². The Kier molecular flexibility index (Phi) is 7.18. The zero-order valence-electron chi connectivity index (χ0n) is 21.8. The summed E-state index contributed by atoms with van der Waals surface area (Å²) in [7, 11) is 5.16. The minimum Gasteiger partial charge on any atom is -0.497 e. The van der Waals surface area contributed by atoms with Gasteiger partial charge in [0.2, 0.25) is 0 Å². The summed E-state index contributed by atoms with van der Waals surface area (Å²) >= 11 is 0. The van der Waals surface area contributed by atoms with E-state index in [1.165, 1.54) is 5.56 Å². The minimum absolute atomic E-state index is 0.412. The van der Waals surface area contributed by atoms with Crippen LogP contribution in [0.25, 0.3) is 22.3 Å². The van der Waals surface area contributed by atoms with Crippen LogP contribution in [-0.4, -0.2) is 45.5 Å². The molecular formula is C30H28N6O2. The number of benzene rings is 2. The fraction of sp³-hybridized carbons (Fsp3) is 0.200. The molecular weight excluding hydrogens is 476 g/mol. The molecule has 0 spiro atoms. The predicted molar refractivity (Wildman–Crippen MR) is 149 cm³/mol. The lowest BCUT2D eigenvalue weighted by atomic mass is 10.1. The summed E-state index contributed by atoms with van der Waals surface area (Å²) < 4.78 is 12.8. The molecule has 0 saturated carbocycles. The van der Waals surface area contributed by atoms with Crippen LogP contribution in [0.1, 0.15) is 18.2 Å². The monoisotopic (exact) mass is 504 g/mol. The van der Waals surface area contributed by atoms with Crippen molar-refractivity contribution in [3.8, 4) is 34.6 Å². The van der Waals surface area contributed by atoms with Crippen molar-refractivity contribution < 1.29 is 9.47 Å². The Morgan fingerprint density at radius 1 is 0.895 bits per heavy atom. The topological polar surface area (TPSA) is 78.2 Å². The van der Waals surface area contributed by atoms with Crippen molar-refractivity contribution in [2.75, 3.05) is 25.7 Å². The van der Waals surface area contributed by atoms with Gasteiger partial charge in [0.1, 0.15) is 17.2 Å². The summed E-state index contributed by atoms with van der Waals surface area (Å²) in [5.41, 5.74) is 6.99. The Balaban J connectivity index is 1.57. The van der Waals surface area contributed by atoms with Gasteiger partial charge in [0.25, 0.3) is 0 Å². The van der Waals surface area contributed by atoms with E-state index in [9.17, 15) is 0 Å². The van der Waals surface area contributed by atoms with Crippen LogP contribution in [0.15, 0.2) is 73.3 Å². The first-order valence-electron chi connectivity index (χ1n) is 12.3. The van der Waals surface area contributed by atoms with Crippen LogP contribution >= 0.6 is 0 Å². The molecule has 38 heavy (non-hydrogen) atoms. The third-order valence-corrected chi connectivity index (χ3v) is 6.17. The number of pyridine rings is 1. The molecule has 0 N–H and O–H groups in total. The number of hydrogen-bond donors (Lipinski definition) is 0. The number of aryl methyl sites for hydroxylation is 2. The molecule has 5 rings (SSSR count). The van der Waals surface area contributed by atoms with Gasteiger partial charge in [0, 0.05) is 54.6 Å². The molecule has 0 atom stereocenters. The van der Waals surface area contributed by atoms with Crippen LogP contribution in [-0.2, 0) is 13.5 Å². The molecule has 8 nitrogen and oxygen atoms in total. The Hall–Kier alpha value is -4.90. The summed E-state index contributed by atoms with van der Waals surface area (Å²) in [6.45, 7) is 2.53. The molecule has 0 aliphatic carbocycles. The van der Waals surface area contributed by atoms with E-state index in [4.69, 9.17) is 14.5 Å². The molecule has 0 radical (unpaired) electrons. The normalized spacial score (nSPS) is 10.6. The number of methoxy groups -OCH3 is 2. The molecule has 0 saturated heterocycles. The molecule has 8 heteroatoms. The van der Waals surface area contributed by atoms with Crippen LogP contribution in [0.4, 0.5) is 11.4 Å². The summed E-state index contributed by atoms with van der Waals surface area (Å²) in [4.78, 5) is 16.0. The molecule has 0 aliphatic rings. The first kappa shape index (κ1) is 24.8. The second-order valence-corrected chi connectivity index (χ2v) is 8.69. The summed E-state index contributed by atoms with van der Waals surface area (Å²) in [6.07, 6.45) is 8.21. The highest BCUT2D eigenvalue weighted by Crippen LogP contribution is 2.34. The van der Waals surface area contributed by atoms with E-state index >= 15 is 0 Å². The molecule has 3 heterocycles. The van der Waals surface area contributed by atoms with Gasteiger partial charge in [-0.25, -0.2) is 9.97 Å². The van der Waals surface area contributed by atoms with E-state index in [1.54, 1.807) is 37.5 Å². The number of hydrogen-bond acceptors (Lipinski definition) is 7. The molecule has 0 fully saturated rings. The average Bonchev–Trinajstić information content (AvgIpc) is 3.40. The Morgan fingerprint density at radius 2 is 1.71 bits per heavy atom. The van der Waals surface area contributed by atoms with Gasteiger partial charge in [-0.3, -0.25) is 9.67 Å². The van der Waals surface area contributed by atoms with Crippen LogP contribution in [0.3, 0.4) is 0 Å². The molecule has 0 aliphatic heterocycles. The quantitative estimate of drug-likeness (QED) is 0.282. The van der Waals surface area contributed by atoms with Gasteiger partial charge in [-0.15, -0.1) is 0 Å². The third-order valence-electron chi connectivity index (χ3n) is 6.17. The number of rotatable bonds is 7. The van der Waals surface area contributed by atoms with Crippen molar-refractivity contribution in [1.29, 1.82) is 0 Å². The van der Waals surface area contributed by atoms with Gasteiger partial charge >= 0.3 is 0 Å². The van der Waals surface area contributed by atoms with E-state index in [0.29, 0.717) is 18.0 Å².